The van der Waals surface area contributed by atoms with Crippen LogP contribution in [-0.4, -0.2) is 40.3 Å². The summed E-state index contributed by atoms with van der Waals surface area (Å²) in [6.07, 6.45) is 2.16. The number of hydrogen-bond donors (Lipinski definition) is 2. The average Bonchev–Trinajstić information content (AvgIpc) is 3.04. The molecule has 7 heteroatoms. The molecule has 3 N–H and O–H groups in total. The minimum absolute atomic E-state index is 0.104. The van der Waals surface area contributed by atoms with Gasteiger partial charge in [0.15, 0.2) is 5.16 Å². The molecule has 0 amide bonds. The van der Waals surface area contributed by atoms with E-state index >= 15 is 0 Å². The van der Waals surface area contributed by atoms with Crippen molar-refractivity contribution in [1.82, 2.24) is 14.8 Å². The van der Waals surface area contributed by atoms with Crippen LogP contribution in [0.4, 0.5) is 0 Å². The lowest BCUT2D eigenvalue weighted by molar-refractivity contribution is 0.158. The van der Waals surface area contributed by atoms with Crippen molar-refractivity contribution in [2.75, 3.05) is 25.5 Å². The maximum absolute atomic E-state index is 11.4. The Balaban J connectivity index is 1.82. The Morgan fingerprint density at radius 1 is 1.56 bits per heavy atom. The molecule has 0 unspecified atom stereocenters. The van der Waals surface area contributed by atoms with Crippen LogP contribution in [0.15, 0.2) is 9.95 Å². The number of ether oxygens (including phenoxy) is 1. The van der Waals surface area contributed by atoms with E-state index in [4.69, 9.17) is 10.5 Å². The van der Waals surface area contributed by atoms with E-state index in [-0.39, 0.29) is 5.69 Å². The van der Waals surface area contributed by atoms with E-state index in [1.54, 1.807) is 16.3 Å². The zero-order valence-corrected chi connectivity index (χ0v) is 9.83. The van der Waals surface area contributed by atoms with Crippen molar-refractivity contribution in [2.24, 2.45) is 5.73 Å². The van der Waals surface area contributed by atoms with E-state index in [1.807, 2.05) is 0 Å². The zero-order valence-electron chi connectivity index (χ0n) is 9.02. The van der Waals surface area contributed by atoms with Gasteiger partial charge in [0.25, 0.3) is 0 Å². The summed E-state index contributed by atoms with van der Waals surface area (Å²) in [6.45, 7) is 1.75. The summed E-state index contributed by atoms with van der Waals surface area (Å²) in [5.41, 5.74) is 5.20. The largest absolute Gasteiger partial charge is 0.379 e. The first kappa shape index (κ1) is 11.7. The van der Waals surface area contributed by atoms with Gasteiger partial charge >= 0.3 is 5.69 Å². The molecule has 1 fully saturated rings. The second-order valence-corrected chi connectivity index (χ2v) is 4.72. The van der Waals surface area contributed by atoms with Gasteiger partial charge in [0.1, 0.15) is 0 Å². The van der Waals surface area contributed by atoms with Crippen molar-refractivity contribution in [3.05, 3.63) is 10.5 Å². The van der Waals surface area contributed by atoms with E-state index in [2.05, 4.69) is 10.2 Å². The molecular formula is C9H16N4O2S. The van der Waals surface area contributed by atoms with E-state index in [9.17, 15) is 4.79 Å². The fourth-order valence-electron chi connectivity index (χ4n) is 1.42. The Labute approximate surface area is 97.5 Å². The van der Waals surface area contributed by atoms with E-state index in [0.717, 1.165) is 23.8 Å². The highest BCUT2D eigenvalue weighted by Gasteiger charge is 2.28. The Morgan fingerprint density at radius 3 is 3.06 bits per heavy atom. The molecule has 0 spiro atoms. The number of nitrogens with two attached hydrogens (primary N) is 1. The normalized spacial score (nSPS) is 15.6. The van der Waals surface area contributed by atoms with E-state index < -0.39 is 0 Å². The van der Waals surface area contributed by atoms with Gasteiger partial charge in [-0.1, -0.05) is 11.8 Å². The average molecular weight is 244 g/mol. The molecule has 1 aromatic heterocycles. The summed E-state index contributed by atoms with van der Waals surface area (Å²) in [6, 6.07) is 0.360. The first-order chi connectivity index (χ1) is 7.83. The van der Waals surface area contributed by atoms with Crippen LogP contribution in [0.25, 0.3) is 0 Å². The van der Waals surface area contributed by atoms with Gasteiger partial charge < -0.3 is 10.5 Å². The summed E-state index contributed by atoms with van der Waals surface area (Å²) < 4.78 is 7.00. The molecule has 1 heterocycles. The van der Waals surface area contributed by atoms with Crippen LogP contribution in [0.3, 0.4) is 0 Å². The molecule has 1 aliphatic rings. The summed E-state index contributed by atoms with van der Waals surface area (Å²) in [7, 11) is 0. The quantitative estimate of drug-likeness (QED) is 0.520. The molecule has 0 aromatic carbocycles. The number of hydrogen-bond acceptors (Lipinski definition) is 5. The summed E-state index contributed by atoms with van der Waals surface area (Å²) in [5.74, 6) is 0.789. The van der Waals surface area contributed by atoms with Gasteiger partial charge in [-0.25, -0.2) is 9.89 Å². The number of nitrogens with zero attached hydrogens (tertiary/aromatic N) is 2. The Morgan fingerprint density at radius 2 is 2.38 bits per heavy atom. The maximum atomic E-state index is 11.4. The van der Waals surface area contributed by atoms with Crippen molar-refractivity contribution in [3.8, 4) is 0 Å². The van der Waals surface area contributed by atoms with Crippen molar-refractivity contribution >= 4 is 11.8 Å². The lowest BCUT2D eigenvalue weighted by atomic mass is 10.7. The number of aromatic amines is 1. The smallest absolute Gasteiger partial charge is 0.344 e. The standard InChI is InChI=1S/C9H16N4O2S/c10-3-4-15-5-6-16-9-12-11-8(14)13(9)7-1-2-7/h7H,1-6,10H2,(H,11,14). The third-order valence-electron chi connectivity index (χ3n) is 2.31. The lowest BCUT2D eigenvalue weighted by Crippen LogP contribution is -2.16. The van der Waals surface area contributed by atoms with Gasteiger partial charge in [-0.15, -0.1) is 5.10 Å². The monoisotopic (exact) mass is 244 g/mol. The first-order valence-corrected chi connectivity index (χ1v) is 6.39. The lowest BCUT2D eigenvalue weighted by Gasteiger charge is -2.03. The highest BCUT2D eigenvalue weighted by Crippen LogP contribution is 2.35. The zero-order chi connectivity index (χ0) is 11.4. The van der Waals surface area contributed by atoms with Crippen molar-refractivity contribution in [1.29, 1.82) is 0 Å². The summed E-state index contributed by atoms with van der Waals surface area (Å²) >= 11 is 1.54. The van der Waals surface area contributed by atoms with Crippen LogP contribution in [0.1, 0.15) is 18.9 Å². The Kier molecular flexibility index (Phi) is 4.03. The molecule has 0 aliphatic heterocycles. The topological polar surface area (TPSA) is 85.9 Å². The molecule has 0 bridgehead atoms. The van der Waals surface area contributed by atoms with Gasteiger partial charge in [-0.3, -0.25) is 4.57 Å². The summed E-state index contributed by atoms with van der Waals surface area (Å²) in [5, 5.41) is 7.26. The molecule has 0 saturated heterocycles. The van der Waals surface area contributed by atoms with E-state index in [1.165, 1.54) is 0 Å². The molecule has 16 heavy (non-hydrogen) atoms. The van der Waals surface area contributed by atoms with Crippen LogP contribution in [-0.2, 0) is 4.74 Å². The number of aromatic nitrogens is 3. The molecule has 1 aromatic rings. The number of nitrogens with one attached hydrogen (secondary N) is 1. The molecule has 90 valence electrons. The predicted molar refractivity (Wildman–Crippen MR) is 61.7 cm³/mol. The predicted octanol–water partition coefficient (Wildman–Crippen LogP) is -0.0263. The second-order valence-electron chi connectivity index (χ2n) is 3.66. The highest BCUT2D eigenvalue weighted by atomic mass is 32.2. The van der Waals surface area contributed by atoms with E-state index in [0.29, 0.717) is 25.8 Å². The highest BCUT2D eigenvalue weighted by molar-refractivity contribution is 7.99. The third-order valence-corrected chi connectivity index (χ3v) is 3.22. The fraction of sp³-hybridized carbons (Fsp3) is 0.778. The van der Waals surface area contributed by atoms with Gasteiger partial charge in [0, 0.05) is 18.3 Å². The molecule has 6 nitrogen and oxygen atoms in total. The second kappa shape index (κ2) is 5.51. The first-order valence-electron chi connectivity index (χ1n) is 5.40. The fourth-order valence-corrected chi connectivity index (χ4v) is 2.29. The molecule has 0 atom stereocenters. The Bertz CT molecular complexity index is 385. The van der Waals surface area contributed by atoms with Crippen LogP contribution in [0, 0.1) is 0 Å². The number of H-pyrrole nitrogens is 1. The van der Waals surface area contributed by atoms with Crippen LogP contribution >= 0.6 is 11.8 Å². The third kappa shape index (κ3) is 2.87. The molecule has 2 rings (SSSR count). The molecule has 1 saturated carbocycles. The van der Waals surface area contributed by atoms with Gasteiger partial charge in [-0.05, 0) is 12.8 Å². The number of rotatable bonds is 7. The van der Waals surface area contributed by atoms with Crippen molar-refractivity contribution < 1.29 is 4.74 Å². The van der Waals surface area contributed by atoms with Crippen molar-refractivity contribution in [3.63, 3.8) is 0 Å². The van der Waals surface area contributed by atoms with Gasteiger partial charge in [0.05, 0.1) is 13.2 Å². The summed E-state index contributed by atoms with van der Waals surface area (Å²) in [4.78, 5) is 11.4. The number of thioether (sulfide) groups is 1. The SMILES string of the molecule is NCCOCCSc1n[nH]c(=O)n1C1CC1. The minimum atomic E-state index is -0.104. The van der Waals surface area contributed by atoms with Crippen LogP contribution in [0.2, 0.25) is 0 Å². The minimum Gasteiger partial charge on any atom is -0.379 e. The molecule has 1 aliphatic carbocycles. The molecular weight excluding hydrogens is 228 g/mol. The Hall–Kier alpha value is -0.790. The molecule has 0 radical (unpaired) electrons. The maximum Gasteiger partial charge on any atom is 0.344 e. The van der Waals surface area contributed by atoms with Gasteiger partial charge in [0.2, 0.25) is 0 Å². The van der Waals surface area contributed by atoms with Gasteiger partial charge in [-0.2, -0.15) is 0 Å². The van der Waals surface area contributed by atoms with Crippen LogP contribution < -0.4 is 11.4 Å². The van der Waals surface area contributed by atoms with Crippen LogP contribution in [0.5, 0.6) is 0 Å². The van der Waals surface area contributed by atoms with Crippen molar-refractivity contribution in [2.45, 2.75) is 24.0 Å².